The van der Waals surface area contributed by atoms with Gasteiger partial charge in [0.2, 0.25) is 0 Å². The fourth-order valence-corrected chi connectivity index (χ4v) is 4.18. The lowest BCUT2D eigenvalue weighted by molar-refractivity contribution is -0.141. The second-order valence-corrected chi connectivity index (χ2v) is 6.76. The van der Waals surface area contributed by atoms with Crippen LogP contribution in [-0.4, -0.2) is 44.1 Å². The van der Waals surface area contributed by atoms with Gasteiger partial charge in [0, 0.05) is 12.2 Å². The summed E-state index contributed by atoms with van der Waals surface area (Å²) in [5.74, 6) is -0.891. The van der Waals surface area contributed by atoms with Crippen LogP contribution in [0.4, 0.5) is 0 Å². The molecular formula is C17H19N3O4. The molecule has 0 radical (unpaired) electrons. The van der Waals surface area contributed by atoms with Gasteiger partial charge in [-0.2, -0.15) is 0 Å². The number of pyridine rings is 1. The molecule has 2 fully saturated rings. The predicted octanol–water partition coefficient (Wildman–Crippen LogP) is 2.39. The Labute approximate surface area is 138 Å². The molecule has 2 aliphatic rings. The molecule has 0 unspecified atom stereocenters. The number of hydrogen-bond donors (Lipinski definition) is 1. The Kier molecular flexibility index (Phi) is 3.51. The van der Waals surface area contributed by atoms with Gasteiger partial charge in [0.25, 0.3) is 11.6 Å². The van der Waals surface area contributed by atoms with E-state index in [9.17, 15) is 14.7 Å². The van der Waals surface area contributed by atoms with Gasteiger partial charge < -0.3 is 14.5 Å². The van der Waals surface area contributed by atoms with Gasteiger partial charge in [-0.1, -0.05) is 18.0 Å². The van der Waals surface area contributed by atoms with Crippen molar-refractivity contribution in [3.63, 3.8) is 0 Å². The van der Waals surface area contributed by atoms with Crippen LogP contribution in [0.5, 0.6) is 0 Å². The van der Waals surface area contributed by atoms with Gasteiger partial charge in [-0.15, -0.1) is 0 Å². The van der Waals surface area contributed by atoms with Crippen molar-refractivity contribution in [3.05, 3.63) is 23.5 Å². The molecule has 1 amide bonds. The first-order chi connectivity index (χ1) is 11.6. The van der Waals surface area contributed by atoms with Gasteiger partial charge in [-0.3, -0.25) is 4.79 Å². The number of carboxylic acids is 1. The largest absolute Gasteiger partial charge is 0.480 e. The van der Waals surface area contributed by atoms with E-state index in [1.165, 1.54) is 6.20 Å². The summed E-state index contributed by atoms with van der Waals surface area (Å²) in [4.78, 5) is 30.5. The highest BCUT2D eigenvalue weighted by molar-refractivity contribution is 5.99. The van der Waals surface area contributed by atoms with Crippen LogP contribution in [0.15, 0.2) is 16.8 Å². The van der Waals surface area contributed by atoms with Crippen LogP contribution < -0.4 is 0 Å². The van der Waals surface area contributed by atoms with E-state index in [1.807, 2.05) is 0 Å². The number of carboxylic acid groups (broad SMARTS) is 1. The van der Waals surface area contributed by atoms with Crippen molar-refractivity contribution in [1.82, 2.24) is 15.0 Å². The molecule has 0 aromatic carbocycles. The Morgan fingerprint density at radius 1 is 1.33 bits per heavy atom. The van der Waals surface area contributed by atoms with E-state index in [-0.39, 0.29) is 17.9 Å². The summed E-state index contributed by atoms with van der Waals surface area (Å²) in [6, 6.07) is 0.974. The summed E-state index contributed by atoms with van der Waals surface area (Å²) in [6.07, 6.45) is 6.03. The number of rotatable bonds is 2. The van der Waals surface area contributed by atoms with Gasteiger partial charge >= 0.3 is 5.97 Å². The lowest BCUT2D eigenvalue weighted by atomic mass is 9.84. The molecule has 4 rings (SSSR count). The molecule has 1 aliphatic heterocycles. The van der Waals surface area contributed by atoms with Crippen molar-refractivity contribution >= 4 is 23.0 Å². The zero-order valence-electron chi connectivity index (χ0n) is 13.4. The predicted molar refractivity (Wildman–Crippen MR) is 84.5 cm³/mol. The number of hydrogen-bond acceptors (Lipinski definition) is 5. The molecule has 3 atom stereocenters. The molecule has 7 nitrogen and oxygen atoms in total. The van der Waals surface area contributed by atoms with Gasteiger partial charge in [0.1, 0.15) is 6.04 Å². The number of aromatic nitrogens is 2. The fraction of sp³-hybridized carbons (Fsp3) is 0.529. The van der Waals surface area contributed by atoms with Crippen LogP contribution in [0.2, 0.25) is 0 Å². The molecular weight excluding hydrogens is 310 g/mol. The summed E-state index contributed by atoms with van der Waals surface area (Å²) < 4.78 is 5.07. The van der Waals surface area contributed by atoms with Crippen LogP contribution in [0.25, 0.3) is 11.1 Å². The number of likely N-dealkylation sites (tertiary alicyclic amines) is 1. The molecule has 126 valence electrons. The van der Waals surface area contributed by atoms with Crippen LogP contribution in [0.3, 0.4) is 0 Å². The van der Waals surface area contributed by atoms with Crippen LogP contribution in [0.1, 0.15) is 48.2 Å². The summed E-state index contributed by atoms with van der Waals surface area (Å²) in [5.41, 5.74) is 1.45. The summed E-state index contributed by atoms with van der Waals surface area (Å²) >= 11 is 0. The second kappa shape index (κ2) is 5.58. The minimum atomic E-state index is -0.923. The lowest BCUT2D eigenvalue weighted by Crippen LogP contribution is -2.46. The van der Waals surface area contributed by atoms with Crippen LogP contribution in [0, 0.1) is 12.8 Å². The Balaban J connectivity index is 1.71. The molecule has 7 heteroatoms. The molecule has 2 aromatic rings. The topological polar surface area (TPSA) is 96.5 Å². The minimum Gasteiger partial charge on any atom is -0.480 e. The third-order valence-corrected chi connectivity index (χ3v) is 5.36. The fourth-order valence-electron chi connectivity index (χ4n) is 4.18. The molecule has 2 aromatic heterocycles. The zero-order valence-corrected chi connectivity index (χ0v) is 13.4. The van der Waals surface area contributed by atoms with Crippen molar-refractivity contribution in [3.8, 4) is 0 Å². The van der Waals surface area contributed by atoms with Gasteiger partial charge in [-0.25, -0.2) is 9.78 Å². The molecule has 0 spiro atoms. The number of amides is 1. The quantitative estimate of drug-likeness (QED) is 0.908. The van der Waals surface area contributed by atoms with Crippen molar-refractivity contribution in [1.29, 1.82) is 0 Å². The Morgan fingerprint density at radius 3 is 2.92 bits per heavy atom. The third-order valence-electron chi connectivity index (χ3n) is 5.36. The molecule has 0 bridgehead atoms. The van der Waals surface area contributed by atoms with Crippen LogP contribution in [-0.2, 0) is 4.79 Å². The molecule has 1 saturated heterocycles. The van der Waals surface area contributed by atoms with E-state index >= 15 is 0 Å². The maximum atomic E-state index is 13.1. The van der Waals surface area contributed by atoms with Crippen molar-refractivity contribution in [2.45, 2.75) is 51.1 Å². The minimum absolute atomic E-state index is 0.0200. The number of carbonyl (C=O) groups excluding carboxylic acids is 1. The third kappa shape index (κ3) is 2.26. The highest BCUT2D eigenvalue weighted by Crippen LogP contribution is 2.40. The molecule has 3 heterocycles. The number of nitrogens with zero attached hydrogens (tertiary/aromatic N) is 3. The number of aryl methyl sites for hydroxylation is 1. The van der Waals surface area contributed by atoms with Crippen molar-refractivity contribution in [2.24, 2.45) is 5.92 Å². The summed E-state index contributed by atoms with van der Waals surface area (Å²) in [5, 5.41) is 14.1. The zero-order chi connectivity index (χ0) is 16.8. The van der Waals surface area contributed by atoms with Crippen LogP contribution >= 0.6 is 0 Å². The van der Waals surface area contributed by atoms with E-state index in [2.05, 4.69) is 10.1 Å². The average molecular weight is 329 g/mol. The van der Waals surface area contributed by atoms with Gasteiger partial charge in [0.15, 0.2) is 0 Å². The Bertz CT molecular complexity index is 815. The summed E-state index contributed by atoms with van der Waals surface area (Å²) in [7, 11) is 0. The maximum absolute atomic E-state index is 13.1. The average Bonchev–Trinajstić information content (AvgIpc) is 3.15. The lowest BCUT2D eigenvalue weighted by Gasteiger charge is -2.33. The van der Waals surface area contributed by atoms with Gasteiger partial charge in [0.05, 0.1) is 16.6 Å². The number of fused-ring (bicyclic) bond motifs is 2. The molecule has 1 N–H and O–H groups in total. The second-order valence-electron chi connectivity index (χ2n) is 6.76. The first-order valence-electron chi connectivity index (χ1n) is 8.33. The Hall–Kier alpha value is -2.44. The number of aliphatic carboxylic acids is 1. The first kappa shape index (κ1) is 15.1. The van der Waals surface area contributed by atoms with E-state index in [1.54, 1.807) is 17.9 Å². The summed E-state index contributed by atoms with van der Waals surface area (Å²) in [6.45, 7) is 1.79. The molecule has 24 heavy (non-hydrogen) atoms. The first-order valence-corrected chi connectivity index (χ1v) is 8.33. The monoisotopic (exact) mass is 329 g/mol. The highest BCUT2D eigenvalue weighted by atomic mass is 16.5. The maximum Gasteiger partial charge on any atom is 0.326 e. The van der Waals surface area contributed by atoms with E-state index in [0.717, 1.165) is 25.7 Å². The van der Waals surface area contributed by atoms with E-state index in [4.69, 9.17) is 4.52 Å². The van der Waals surface area contributed by atoms with Crippen molar-refractivity contribution in [2.75, 3.05) is 0 Å². The van der Waals surface area contributed by atoms with E-state index < -0.39 is 12.0 Å². The van der Waals surface area contributed by atoms with Crippen molar-refractivity contribution < 1.29 is 19.2 Å². The Morgan fingerprint density at radius 2 is 2.12 bits per heavy atom. The van der Waals surface area contributed by atoms with Gasteiger partial charge in [-0.05, 0) is 38.2 Å². The normalized spacial score (nSPS) is 26.5. The SMILES string of the molecule is Cc1noc2ncc(C(=O)N3[C@@H]4CCCC[C@@H]4C[C@H]3C(=O)O)cc12. The molecule has 1 saturated carbocycles. The van der Waals surface area contributed by atoms with E-state index in [0.29, 0.717) is 28.8 Å². The molecule has 1 aliphatic carbocycles. The number of carbonyl (C=O) groups is 2. The smallest absolute Gasteiger partial charge is 0.326 e. The standard InChI is InChI=1S/C17H19N3O4/c1-9-12-6-11(8-18-15(12)24-19-9)16(21)20-13-5-3-2-4-10(13)7-14(20)17(22)23/h6,8,10,13-14H,2-5,7H2,1H3,(H,22,23)/t10-,13-,14+/m1/s1. The highest BCUT2D eigenvalue weighted by Gasteiger charge is 2.47.